The number of aromatic nitrogens is 1. The quantitative estimate of drug-likeness (QED) is 0.166. The summed E-state index contributed by atoms with van der Waals surface area (Å²) >= 11 is 0. The number of anilines is 3. The van der Waals surface area contributed by atoms with E-state index >= 15 is 0 Å². The van der Waals surface area contributed by atoms with Crippen LogP contribution in [-0.4, -0.2) is 4.57 Å². The molecule has 1 spiro atoms. The number of hydrogen-bond acceptors (Lipinski definition) is 2. The van der Waals surface area contributed by atoms with Gasteiger partial charge in [0.25, 0.3) is 0 Å². The van der Waals surface area contributed by atoms with E-state index in [9.17, 15) is 0 Å². The summed E-state index contributed by atoms with van der Waals surface area (Å²) in [6, 6.07) is 87.8. The highest BCUT2D eigenvalue weighted by Crippen LogP contribution is 2.63. The van der Waals surface area contributed by atoms with Gasteiger partial charge in [-0.15, -0.1) is 0 Å². The zero-order valence-corrected chi connectivity index (χ0v) is 34.9. The Morgan fingerprint density at radius 1 is 0.344 bits per heavy atom. The van der Waals surface area contributed by atoms with Gasteiger partial charge in [0.1, 0.15) is 11.5 Å². The van der Waals surface area contributed by atoms with Crippen molar-refractivity contribution >= 4 is 38.9 Å². The fourth-order valence-electron chi connectivity index (χ4n) is 10.7. The van der Waals surface area contributed by atoms with Crippen LogP contribution < -0.4 is 9.64 Å². The molecule has 3 heteroatoms. The number of hydrogen-bond donors (Lipinski definition) is 0. The van der Waals surface area contributed by atoms with Gasteiger partial charge in [0.15, 0.2) is 0 Å². The molecule has 13 rings (SSSR count). The lowest BCUT2D eigenvalue weighted by Crippen LogP contribution is -2.32. The van der Waals surface area contributed by atoms with E-state index in [1.807, 2.05) is 0 Å². The highest BCUT2D eigenvalue weighted by Gasteiger charge is 2.51. The van der Waals surface area contributed by atoms with Crippen LogP contribution in [0.4, 0.5) is 17.1 Å². The van der Waals surface area contributed by atoms with Crippen LogP contribution in [0.15, 0.2) is 243 Å². The summed E-state index contributed by atoms with van der Waals surface area (Å²) < 4.78 is 9.55. The molecule has 2 heterocycles. The predicted molar refractivity (Wildman–Crippen MR) is 264 cm³/mol. The van der Waals surface area contributed by atoms with E-state index < -0.39 is 5.41 Å². The first-order valence-corrected chi connectivity index (χ1v) is 22.0. The van der Waals surface area contributed by atoms with Gasteiger partial charge in [-0.3, -0.25) is 0 Å². The van der Waals surface area contributed by atoms with Crippen molar-refractivity contribution in [3.05, 3.63) is 265 Å². The molecule has 0 unspecified atom stereocenters. The zero-order chi connectivity index (χ0) is 42.2. The highest BCUT2D eigenvalue weighted by molar-refractivity contribution is 6.13. The maximum atomic E-state index is 7.15. The monoisotopic (exact) mass is 816 g/mol. The number of fused-ring (bicyclic) bond motifs is 13. The van der Waals surface area contributed by atoms with Crippen LogP contribution >= 0.6 is 0 Å². The van der Waals surface area contributed by atoms with Crippen LogP contribution in [0.3, 0.4) is 0 Å². The second-order valence-corrected chi connectivity index (χ2v) is 16.8. The average molecular weight is 817 g/mol. The van der Waals surface area contributed by atoms with Crippen LogP contribution in [0.2, 0.25) is 0 Å². The van der Waals surface area contributed by atoms with E-state index in [1.165, 1.54) is 55.6 Å². The topological polar surface area (TPSA) is 17.4 Å². The smallest absolute Gasteiger partial charge is 0.142 e. The van der Waals surface area contributed by atoms with Crippen molar-refractivity contribution in [2.45, 2.75) is 5.41 Å². The van der Waals surface area contributed by atoms with E-state index in [0.717, 1.165) is 56.1 Å². The Balaban J connectivity index is 0.925. The molecule has 0 radical (unpaired) electrons. The predicted octanol–water partition coefficient (Wildman–Crippen LogP) is 16.1. The van der Waals surface area contributed by atoms with Gasteiger partial charge in [-0.1, -0.05) is 176 Å². The molecule has 2 aliphatic rings. The van der Waals surface area contributed by atoms with Crippen molar-refractivity contribution in [1.82, 2.24) is 4.57 Å². The molecule has 3 nitrogen and oxygen atoms in total. The molecule has 0 bridgehead atoms. The van der Waals surface area contributed by atoms with Crippen molar-refractivity contribution < 1.29 is 4.74 Å². The fourth-order valence-corrected chi connectivity index (χ4v) is 10.7. The second-order valence-electron chi connectivity index (χ2n) is 16.8. The fraction of sp³-hybridized carbons (Fsp3) is 0.0164. The number of ether oxygens (including phenoxy) is 1. The lowest BCUT2D eigenvalue weighted by atomic mass is 9.66. The lowest BCUT2D eigenvalue weighted by Gasteiger charge is -2.39. The van der Waals surface area contributed by atoms with E-state index in [2.05, 4.69) is 252 Å². The maximum Gasteiger partial charge on any atom is 0.142 e. The molecule has 0 saturated heterocycles. The molecule has 64 heavy (non-hydrogen) atoms. The molecule has 1 aliphatic carbocycles. The summed E-state index contributed by atoms with van der Waals surface area (Å²) in [7, 11) is 0. The third-order valence-corrected chi connectivity index (χ3v) is 13.5. The normalized spacial score (nSPS) is 12.9. The van der Waals surface area contributed by atoms with Gasteiger partial charge in [0.2, 0.25) is 0 Å². The molecule has 11 aromatic rings. The Bertz CT molecular complexity index is 3510. The van der Waals surface area contributed by atoms with Gasteiger partial charge >= 0.3 is 0 Å². The maximum absolute atomic E-state index is 7.15. The summed E-state index contributed by atoms with van der Waals surface area (Å²) in [4.78, 5) is 2.33. The van der Waals surface area contributed by atoms with E-state index in [4.69, 9.17) is 4.74 Å². The first kappa shape index (κ1) is 36.3. The molecule has 0 N–H and O–H groups in total. The van der Waals surface area contributed by atoms with Gasteiger partial charge in [-0.25, -0.2) is 0 Å². The Hall–Kier alpha value is -8.40. The third kappa shape index (κ3) is 5.34. The Morgan fingerprint density at radius 2 is 0.828 bits per heavy atom. The number of para-hydroxylation sites is 3. The minimum atomic E-state index is -0.525. The van der Waals surface area contributed by atoms with Crippen molar-refractivity contribution in [2.24, 2.45) is 0 Å². The van der Waals surface area contributed by atoms with Crippen LogP contribution in [0.25, 0.3) is 60.9 Å². The molecule has 1 aliphatic heterocycles. The van der Waals surface area contributed by atoms with Gasteiger partial charge < -0.3 is 14.2 Å². The molecule has 0 amide bonds. The van der Waals surface area contributed by atoms with E-state index in [-0.39, 0.29) is 0 Å². The SMILES string of the molecule is c1ccc(-c2ccc(-c3ccc(N(c4ccccc4)c4ccc(-n5c6ccccc6c6c7c(ccc65)C5(c6ccccc6O7)c6ccccc6-c6ccccc65)cc4)cc3)cc2)cc1. The summed E-state index contributed by atoms with van der Waals surface area (Å²) in [6.07, 6.45) is 0. The third-order valence-electron chi connectivity index (χ3n) is 13.5. The van der Waals surface area contributed by atoms with Crippen molar-refractivity contribution in [1.29, 1.82) is 0 Å². The first-order valence-electron chi connectivity index (χ1n) is 22.0. The van der Waals surface area contributed by atoms with E-state index in [1.54, 1.807) is 0 Å². The van der Waals surface area contributed by atoms with Crippen LogP contribution in [0, 0.1) is 0 Å². The summed E-state index contributed by atoms with van der Waals surface area (Å²) in [5.41, 5.74) is 18.4. The van der Waals surface area contributed by atoms with Crippen molar-refractivity contribution in [2.75, 3.05) is 4.90 Å². The molecule has 10 aromatic carbocycles. The van der Waals surface area contributed by atoms with Crippen molar-refractivity contribution in [3.8, 4) is 50.6 Å². The second kappa shape index (κ2) is 14.3. The molecule has 0 fully saturated rings. The van der Waals surface area contributed by atoms with Gasteiger partial charge in [-0.05, 0) is 111 Å². The lowest BCUT2D eigenvalue weighted by molar-refractivity contribution is 0.442. The van der Waals surface area contributed by atoms with Gasteiger partial charge in [-0.2, -0.15) is 0 Å². The van der Waals surface area contributed by atoms with E-state index in [0.29, 0.717) is 0 Å². The van der Waals surface area contributed by atoms with Gasteiger partial charge in [0.05, 0.1) is 21.8 Å². The molecule has 0 atom stereocenters. The molecule has 1 aromatic heterocycles. The highest BCUT2D eigenvalue weighted by atomic mass is 16.5. The first-order chi connectivity index (χ1) is 31.8. The van der Waals surface area contributed by atoms with Crippen LogP contribution in [0.1, 0.15) is 22.3 Å². The number of benzene rings is 10. The standard InChI is InChI=1S/C61H40N2O/c1-3-15-41(16-4-1)42-27-29-43(30-28-42)44-31-33-46(34-32-44)62(45-17-5-2-6-18-45)47-35-37-48(38-36-47)63-56-25-13-9-21-51(56)59-57(63)40-39-55-60(59)64-58-26-14-12-24-54(58)61(55)52-22-10-7-19-49(52)50-20-8-11-23-53(50)61/h1-40H. The number of rotatable bonds is 6. The zero-order valence-electron chi connectivity index (χ0n) is 34.9. The van der Waals surface area contributed by atoms with Crippen LogP contribution in [0.5, 0.6) is 11.5 Å². The largest absolute Gasteiger partial charge is 0.456 e. The van der Waals surface area contributed by atoms with Gasteiger partial charge in [0, 0.05) is 39.3 Å². The molecular formula is C61H40N2O. The van der Waals surface area contributed by atoms with Crippen LogP contribution in [-0.2, 0) is 5.41 Å². The summed E-state index contributed by atoms with van der Waals surface area (Å²) in [5, 5.41) is 2.28. The minimum absolute atomic E-state index is 0.525. The van der Waals surface area contributed by atoms with Crippen molar-refractivity contribution in [3.63, 3.8) is 0 Å². The molecular weight excluding hydrogens is 777 g/mol. The Kier molecular flexibility index (Phi) is 8.13. The molecule has 0 saturated carbocycles. The Labute approximate surface area is 372 Å². The summed E-state index contributed by atoms with van der Waals surface area (Å²) in [6.45, 7) is 0. The number of nitrogens with zero attached hydrogens (tertiary/aromatic N) is 2. The molecule has 300 valence electrons. The average Bonchev–Trinajstić information content (AvgIpc) is 3.86. The summed E-state index contributed by atoms with van der Waals surface area (Å²) in [5.74, 6) is 1.81. The minimum Gasteiger partial charge on any atom is -0.456 e. The Morgan fingerprint density at radius 3 is 1.48 bits per heavy atom.